The summed E-state index contributed by atoms with van der Waals surface area (Å²) in [7, 11) is 0. The Hall–Kier alpha value is -2.54. The maximum Gasteiger partial charge on any atom is 0.350 e. The van der Waals surface area contributed by atoms with Crippen molar-refractivity contribution in [1.29, 1.82) is 0 Å². The minimum atomic E-state index is -1.28. The molecule has 0 saturated heterocycles. The highest BCUT2D eigenvalue weighted by atomic mass is 35.5. The molecule has 0 spiro atoms. The van der Waals surface area contributed by atoms with Crippen LogP contribution in [0.3, 0.4) is 0 Å². The van der Waals surface area contributed by atoms with Crippen LogP contribution in [0.1, 0.15) is 40.7 Å². The summed E-state index contributed by atoms with van der Waals surface area (Å²) in [5.41, 5.74) is -1.28. The average Bonchev–Trinajstić information content (AvgIpc) is 3.05. The summed E-state index contributed by atoms with van der Waals surface area (Å²) in [5.74, 6) is -0.0978. The van der Waals surface area contributed by atoms with Crippen LogP contribution >= 0.6 is 11.6 Å². The first-order valence-corrected chi connectivity index (χ1v) is 8.98. The van der Waals surface area contributed by atoms with Gasteiger partial charge < -0.3 is 14.8 Å². The zero-order valence-corrected chi connectivity index (χ0v) is 16.8. The summed E-state index contributed by atoms with van der Waals surface area (Å²) in [4.78, 5) is 24.8. The smallest absolute Gasteiger partial charge is 0.350 e. The third kappa shape index (κ3) is 5.47. The zero-order valence-electron chi connectivity index (χ0n) is 16.0. The first kappa shape index (κ1) is 20.8. The molecule has 7 nitrogen and oxygen atoms in total. The maximum absolute atomic E-state index is 12.5. The van der Waals surface area contributed by atoms with Crippen molar-refractivity contribution in [1.82, 2.24) is 9.78 Å². The summed E-state index contributed by atoms with van der Waals surface area (Å²) in [6.45, 7) is 8.54. The van der Waals surface area contributed by atoms with Crippen LogP contribution in [0.4, 0.5) is 5.82 Å². The number of hydrogen-bond donors (Lipinski definition) is 1. The van der Waals surface area contributed by atoms with Crippen LogP contribution in [-0.4, -0.2) is 33.4 Å². The van der Waals surface area contributed by atoms with Crippen LogP contribution in [0, 0.1) is 0 Å². The standard InChI is InChI=1S/C19H24ClN3O4/c1-12(2)23-16(10-11-21-23)22-17(24)13(3)26-18(25)19(4,5)27-15-8-6-14(20)7-9-15/h6-13H,1-5H3,(H,22,24). The molecule has 146 valence electrons. The van der Waals surface area contributed by atoms with Gasteiger partial charge in [0.1, 0.15) is 11.6 Å². The number of esters is 1. The number of hydrogen-bond acceptors (Lipinski definition) is 5. The molecule has 0 aliphatic carbocycles. The quantitative estimate of drug-likeness (QED) is 0.722. The van der Waals surface area contributed by atoms with E-state index in [4.69, 9.17) is 21.1 Å². The molecule has 0 bridgehead atoms. The van der Waals surface area contributed by atoms with Gasteiger partial charge in [0.25, 0.3) is 5.91 Å². The predicted octanol–water partition coefficient (Wildman–Crippen LogP) is 3.85. The molecule has 1 aromatic carbocycles. The molecule has 0 aliphatic rings. The number of nitrogens with zero attached hydrogens (tertiary/aromatic N) is 2. The number of halogens is 1. The molecule has 0 radical (unpaired) electrons. The normalized spacial score (nSPS) is 12.6. The molecule has 8 heteroatoms. The van der Waals surface area contributed by atoms with Gasteiger partial charge in [-0.25, -0.2) is 9.48 Å². The second kappa shape index (κ2) is 8.43. The third-order valence-electron chi connectivity index (χ3n) is 3.74. The zero-order chi connectivity index (χ0) is 20.2. The predicted molar refractivity (Wildman–Crippen MR) is 103 cm³/mol. The van der Waals surface area contributed by atoms with Crippen molar-refractivity contribution >= 4 is 29.3 Å². The summed E-state index contributed by atoms with van der Waals surface area (Å²) < 4.78 is 12.6. The van der Waals surface area contributed by atoms with E-state index in [1.165, 1.54) is 6.92 Å². The first-order chi connectivity index (χ1) is 12.6. The number of benzene rings is 1. The number of amides is 1. The number of rotatable bonds is 7. The van der Waals surface area contributed by atoms with Crippen molar-refractivity contribution < 1.29 is 19.1 Å². The van der Waals surface area contributed by atoms with E-state index < -0.39 is 23.6 Å². The fourth-order valence-corrected chi connectivity index (χ4v) is 2.37. The molecule has 1 N–H and O–H groups in total. The van der Waals surface area contributed by atoms with Crippen molar-refractivity contribution in [3.63, 3.8) is 0 Å². The fraction of sp³-hybridized carbons (Fsp3) is 0.421. The van der Waals surface area contributed by atoms with Crippen molar-refractivity contribution in [3.05, 3.63) is 41.6 Å². The number of carbonyl (C=O) groups excluding carboxylic acids is 2. The molecule has 1 unspecified atom stereocenters. The maximum atomic E-state index is 12.5. The molecule has 1 amide bonds. The lowest BCUT2D eigenvalue weighted by Gasteiger charge is -2.26. The van der Waals surface area contributed by atoms with Gasteiger partial charge in [0.05, 0.1) is 6.20 Å². The average molecular weight is 394 g/mol. The van der Waals surface area contributed by atoms with Gasteiger partial charge in [0.2, 0.25) is 0 Å². The van der Waals surface area contributed by atoms with Gasteiger partial charge in [-0.1, -0.05) is 11.6 Å². The Morgan fingerprint density at radius 3 is 2.37 bits per heavy atom. The van der Waals surface area contributed by atoms with Crippen LogP contribution in [0.2, 0.25) is 5.02 Å². The topological polar surface area (TPSA) is 82.4 Å². The Balaban J connectivity index is 1.97. The van der Waals surface area contributed by atoms with E-state index in [9.17, 15) is 9.59 Å². The highest BCUT2D eigenvalue weighted by molar-refractivity contribution is 6.30. The van der Waals surface area contributed by atoms with Crippen LogP contribution in [-0.2, 0) is 14.3 Å². The summed E-state index contributed by atoms with van der Waals surface area (Å²) >= 11 is 5.84. The lowest BCUT2D eigenvalue weighted by molar-refractivity contribution is -0.166. The van der Waals surface area contributed by atoms with Crippen LogP contribution in [0.25, 0.3) is 0 Å². The molecule has 27 heavy (non-hydrogen) atoms. The number of ether oxygens (including phenoxy) is 2. The Morgan fingerprint density at radius 1 is 1.15 bits per heavy atom. The molecule has 0 aliphatic heterocycles. The highest BCUT2D eigenvalue weighted by Crippen LogP contribution is 2.22. The second-order valence-electron chi connectivity index (χ2n) is 6.86. The van der Waals surface area contributed by atoms with Gasteiger partial charge in [-0.2, -0.15) is 5.10 Å². The van der Waals surface area contributed by atoms with E-state index in [2.05, 4.69) is 10.4 Å². The largest absolute Gasteiger partial charge is 0.476 e. The first-order valence-electron chi connectivity index (χ1n) is 8.60. The van der Waals surface area contributed by atoms with Crippen LogP contribution < -0.4 is 10.1 Å². The number of anilines is 1. The second-order valence-corrected chi connectivity index (χ2v) is 7.29. The van der Waals surface area contributed by atoms with E-state index in [-0.39, 0.29) is 6.04 Å². The van der Waals surface area contributed by atoms with Gasteiger partial charge in [-0.3, -0.25) is 4.79 Å². The fourth-order valence-electron chi connectivity index (χ4n) is 2.25. The minimum Gasteiger partial charge on any atom is -0.476 e. The van der Waals surface area contributed by atoms with Crippen LogP contribution in [0.5, 0.6) is 5.75 Å². The van der Waals surface area contributed by atoms with E-state index in [1.807, 2.05) is 13.8 Å². The molecular formula is C19H24ClN3O4. The highest BCUT2D eigenvalue weighted by Gasteiger charge is 2.34. The number of nitrogens with one attached hydrogen (secondary N) is 1. The van der Waals surface area contributed by atoms with E-state index in [1.54, 1.807) is 55.1 Å². The SMILES string of the molecule is CC(OC(=O)C(C)(C)Oc1ccc(Cl)cc1)C(=O)Nc1ccnn1C(C)C. The molecule has 1 heterocycles. The Bertz CT molecular complexity index is 800. The molecule has 0 fully saturated rings. The molecular weight excluding hydrogens is 370 g/mol. The Morgan fingerprint density at radius 2 is 1.78 bits per heavy atom. The summed E-state index contributed by atoms with van der Waals surface area (Å²) in [6, 6.07) is 8.39. The molecule has 2 aromatic rings. The lowest BCUT2D eigenvalue weighted by Crippen LogP contribution is -2.43. The number of carbonyl (C=O) groups is 2. The van der Waals surface area contributed by atoms with Gasteiger partial charge in [0.15, 0.2) is 11.7 Å². The molecule has 2 rings (SSSR count). The lowest BCUT2D eigenvalue weighted by atomic mass is 10.1. The summed E-state index contributed by atoms with van der Waals surface area (Å²) in [6.07, 6.45) is 0.594. The van der Waals surface area contributed by atoms with Crippen molar-refractivity contribution in [2.75, 3.05) is 5.32 Å². The monoisotopic (exact) mass is 393 g/mol. The van der Waals surface area contributed by atoms with Crippen molar-refractivity contribution in [2.24, 2.45) is 0 Å². The van der Waals surface area contributed by atoms with Crippen molar-refractivity contribution in [2.45, 2.75) is 52.4 Å². The van der Waals surface area contributed by atoms with Crippen molar-refractivity contribution in [3.8, 4) is 5.75 Å². The van der Waals surface area contributed by atoms with E-state index in [0.717, 1.165) is 0 Å². The Kier molecular flexibility index (Phi) is 6.49. The molecule has 1 aromatic heterocycles. The molecule has 1 atom stereocenters. The third-order valence-corrected chi connectivity index (χ3v) is 3.99. The van der Waals surface area contributed by atoms with Gasteiger partial charge >= 0.3 is 5.97 Å². The van der Waals surface area contributed by atoms with E-state index >= 15 is 0 Å². The Labute approximate surface area is 163 Å². The minimum absolute atomic E-state index is 0.0832. The van der Waals surface area contributed by atoms with Gasteiger partial charge in [-0.15, -0.1) is 0 Å². The van der Waals surface area contributed by atoms with E-state index in [0.29, 0.717) is 16.6 Å². The molecule has 0 saturated carbocycles. The summed E-state index contributed by atoms with van der Waals surface area (Å²) in [5, 5.41) is 7.42. The number of aromatic nitrogens is 2. The van der Waals surface area contributed by atoms with Crippen LogP contribution in [0.15, 0.2) is 36.5 Å². The van der Waals surface area contributed by atoms with Gasteiger partial charge in [0, 0.05) is 17.1 Å². The van der Waals surface area contributed by atoms with Gasteiger partial charge in [-0.05, 0) is 58.9 Å².